The molecule has 2 aliphatic heterocycles. The highest BCUT2D eigenvalue weighted by molar-refractivity contribution is 8.00. The van der Waals surface area contributed by atoms with E-state index in [2.05, 4.69) is 0 Å². The molecule has 8 heteroatoms. The second-order valence-corrected chi connectivity index (χ2v) is 3.90. The molecule has 0 aliphatic carbocycles. The molecule has 2 heterocycles. The summed E-state index contributed by atoms with van der Waals surface area (Å²) in [7, 11) is 0. The highest BCUT2D eigenvalue weighted by atomic mass is 35.5. The second-order valence-electron chi connectivity index (χ2n) is 2.73. The SMILES string of the molecule is Cl.O.O.O=C(O)C1=CN2C(=O)C[C@H]2SC1. The smallest absolute Gasteiger partial charge is 0.333 e. The lowest BCUT2D eigenvalue weighted by molar-refractivity contribution is -0.137. The van der Waals surface area contributed by atoms with Crippen molar-refractivity contribution in [2.75, 3.05) is 5.75 Å². The lowest BCUT2D eigenvalue weighted by atomic mass is 10.2. The first-order valence-electron chi connectivity index (χ1n) is 3.55. The van der Waals surface area contributed by atoms with Gasteiger partial charge in [0.1, 0.15) is 0 Å². The van der Waals surface area contributed by atoms with E-state index in [1.54, 1.807) is 0 Å². The molecule has 15 heavy (non-hydrogen) atoms. The molecule has 1 atom stereocenters. The zero-order valence-corrected chi connectivity index (χ0v) is 9.23. The molecule has 0 bridgehead atoms. The van der Waals surface area contributed by atoms with Gasteiger partial charge in [-0.2, -0.15) is 0 Å². The Labute approximate surface area is 96.3 Å². The molecule has 2 rings (SSSR count). The largest absolute Gasteiger partial charge is 0.478 e. The Hall–Kier alpha value is -0.760. The molecule has 0 radical (unpaired) electrons. The van der Waals surface area contributed by atoms with Crippen LogP contribution in [0.15, 0.2) is 11.8 Å². The van der Waals surface area contributed by atoms with Crippen LogP contribution in [0.3, 0.4) is 0 Å². The van der Waals surface area contributed by atoms with E-state index in [1.165, 1.54) is 22.9 Å². The number of halogens is 1. The minimum atomic E-state index is -0.930. The Morgan fingerprint density at radius 3 is 2.60 bits per heavy atom. The summed E-state index contributed by atoms with van der Waals surface area (Å²) in [6.07, 6.45) is 2.00. The number of carbonyl (C=O) groups is 2. The highest BCUT2D eigenvalue weighted by Crippen LogP contribution is 2.35. The van der Waals surface area contributed by atoms with Gasteiger partial charge in [0, 0.05) is 12.0 Å². The average molecular weight is 258 g/mol. The van der Waals surface area contributed by atoms with E-state index in [-0.39, 0.29) is 34.6 Å². The van der Waals surface area contributed by atoms with E-state index in [1.807, 2.05) is 0 Å². The fraction of sp³-hybridized carbons (Fsp3) is 0.429. The molecule has 0 aromatic carbocycles. The van der Waals surface area contributed by atoms with E-state index < -0.39 is 5.97 Å². The summed E-state index contributed by atoms with van der Waals surface area (Å²) in [5.41, 5.74) is 0.310. The van der Waals surface area contributed by atoms with Crippen molar-refractivity contribution in [1.82, 2.24) is 4.90 Å². The Morgan fingerprint density at radius 1 is 1.53 bits per heavy atom. The van der Waals surface area contributed by atoms with Gasteiger partial charge in [0.25, 0.3) is 0 Å². The van der Waals surface area contributed by atoms with E-state index in [0.29, 0.717) is 17.7 Å². The Morgan fingerprint density at radius 2 is 2.13 bits per heavy atom. The summed E-state index contributed by atoms with van der Waals surface area (Å²) in [5.74, 6) is -0.407. The number of amides is 1. The number of fused-ring (bicyclic) bond motifs is 1. The van der Waals surface area contributed by atoms with Crippen molar-refractivity contribution in [3.05, 3.63) is 11.8 Å². The number of thioether (sulfide) groups is 1. The van der Waals surface area contributed by atoms with Crippen molar-refractivity contribution in [2.24, 2.45) is 0 Å². The number of hydrogen-bond acceptors (Lipinski definition) is 3. The van der Waals surface area contributed by atoms with Crippen LogP contribution in [0.1, 0.15) is 6.42 Å². The number of nitrogens with zero attached hydrogens (tertiary/aromatic N) is 1. The van der Waals surface area contributed by atoms with Crippen molar-refractivity contribution < 1.29 is 25.6 Å². The maximum absolute atomic E-state index is 10.9. The summed E-state index contributed by atoms with van der Waals surface area (Å²) in [5, 5.41) is 8.83. The van der Waals surface area contributed by atoms with Crippen molar-refractivity contribution in [3.63, 3.8) is 0 Å². The Bertz CT molecular complexity index is 295. The highest BCUT2D eigenvalue weighted by Gasteiger charge is 2.38. The van der Waals surface area contributed by atoms with Crippen molar-refractivity contribution in [2.45, 2.75) is 11.8 Å². The predicted octanol–water partition coefficient (Wildman–Crippen LogP) is -0.967. The normalized spacial score (nSPS) is 21.9. The summed E-state index contributed by atoms with van der Waals surface area (Å²) >= 11 is 1.51. The monoisotopic (exact) mass is 257 g/mol. The van der Waals surface area contributed by atoms with Crippen molar-refractivity contribution in [1.29, 1.82) is 0 Å². The predicted molar refractivity (Wildman–Crippen MR) is 57.9 cm³/mol. The topological polar surface area (TPSA) is 121 Å². The van der Waals surface area contributed by atoms with Gasteiger partial charge in [0.05, 0.1) is 17.4 Å². The van der Waals surface area contributed by atoms with Gasteiger partial charge in [-0.25, -0.2) is 4.79 Å². The molecular formula is C7H12ClNO5S. The molecule has 2 aliphatic rings. The Kier molecular flexibility index (Phi) is 6.62. The van der Waals surface area contributed by atoms with E-state index in [4.69, 9.17) is 5.11 Å². The van der Waals surface area contributed by atoms with Gasteiger partial charge in [-0.05, 0) is 0 Å². The van der Waals surface area contributed by atoms with Gasteiger partial charge in [-0.3, -0.25) is 4.79 Å². The zero-order chi connectivity index (χ0) is 8.72. The van der Waals surface area contributed by atoms with E-state index >= 15 is 0 Å². The molecule has 0 unspecified atom stereocenters. The maximum Gasteiger partial charge on any atom is 0.333 e. The number of hydrogen-bond donors (Lipinski definition) is 1. The van der Waals surface area contributed by atoms with Gasteiger partial charge in [-0.1, -0.05) is 0 Å². The second kappa shape index (κ2) is 5.96. The van der Waals surface area contributed by atoms with Crippen LogP contribution in [0.5, 0.6) is 0 Å². The molecule has 0 saturated carbocycles. The Balaban J connectivity index is 0. The third-order valence-electron chi connectivity index (χ3n) is 1.95. The average Bonchev–Trinajstić information content (AvgIpc) is 2.02. The summed E-state index contributed by atoms with van der Waals surface area (Å²) in [4.78, 5) is 22.9. The van der Waals surface area contributed by atoms with Crippen LogP contribution in [-0.4, -0.2) is 44.0 Å². The minimum absolute atomic E-state index is 0. The van der Waals surface area contributed by atoms with Crippen molar-refractivity contribution in [3.8, 4) is 0 Å². The van der Waals surface area contributed by atoms with Crippen LogP contribution in [0.25, 0.3) is 0 Å². The van der Waals surface area contributed by atoms with Crippen molar-refractivity contribution >= 4 is 36.0 Å². The van der Waals surface area contributed by atoms with Gasteiger partial charge in [-0.15, -0.1) is 24.2 Å². The third-order valence-corrected chi connectivity index (χ3v) is 3.20. The van der Waals surface area contributed by atoms with E-state index in [9.17, 15) is 9.59 Å². The standard InChI is InChI=1S/C7H7NO3S.ClH.2H2O/c9-5-1-6-8(5)2-4(3-12-6)7(10)11;;;/h2,6H,1,3H2,(H,10,11);1H;2*1H2/t6-;;;/m1.../s1. The number of carboxylic acids is 1. The van der Waals surface area contributed by atoms with Crippen LogP contribution >= 0.6 is 24.2 Å². The summed E-state index contributed by atoms with van der Waals surface area (Å²) < 4.78 is 0. The molecule has 88 valence electrons. The van der Waals surface area contributed by atoms with Gasteiger partial charge < -0.3 is 21.0 Å². The van der Waals surface area contributed by atoms with Gasteiger partial charge in [0.2, 0.25) is 5.91 Å². The van der Waals surface area contributed by atoms with Crippen LogP contribution in [0.4, 0.5) is 0 Å². The summed E-state index contributed by atoms with van der Waals surface area (Å²) in [6, 6.07) is 0. The molecule has 0 aromatic rings. The number of aliphatic carboxylic acids is 1. The molecule has 0 aromatic heterocycles. The fourth-order valence-electron chi connectivity index (χ4n) is 1.20. The quantitative estimate of drug-likeness (QED) is 0.608. The van der Waals surface area contributed by atoms with Gasteiger partial charge in [0.15, 0.2) is 0 Å². The van der Waals surface area contributed by atoms with Crippen LogP contribution in [0, 0.1) is 0 Å². The van der Waals surface area contributed by atoms with Gasteiger partial charge >= 0.3 is 5.97 Å². The fourth-order valence-corrected chi connectivity index (χ4v) is 2.37. The van der Waals surface area contributed by atoms with Crippen LogP contribution < -0.4 is 0 Å². The van der Waals surface area contributed by atoms with E-state index in [0.717, 1.165) is 0 Å². The van der Waals surface area contributed by atoms with Crippen LogP contribution in [-0.2, 0) is 9.59 Å². The first-order valence-corrected chi connectivity index (χ1v) is 4.60. The lowest BCUT2D eigenvalue weighted by Gasteiger charge is -2.40. The molecule has 1 saturated heterocycles. The zero-order valence-electron chi connectivity index (χ0n) is 7.60. The minimum Gasteiger partial charge on any atom is -0.478 e. The summed E-state index contributed by atoms with van der Waals surface area (Å²) in [6.45, 7) is 0. The maximum atomic E-state index is 10.9. The lowest BCUT2D eigenvalue weighted by Crippen LogP contribution is -2.49. The number of β-lactam (4-membered cyclic amide) rings is 1. The number of rotatable bonds is 1. The first-order chi connectivity index (χ1) is 5.68. The molecule has 1 fully saturated rings. The molecule has 6 nitrogen and oxygen atoms in total. The molecule has 0 spiro atoms. The number of carboxylic acid groups (broad SMARTS) is 1. The molecule has 5 N–H and O–H groups in total. The third kappa shape index (κ3) is 2.85. The number of carbonyl (C=O) groups excluding carboxylic acids is 1. The molecular weight excluding hydrogens is 246 g/mol. The first kappa shape index (κ1) is 16.7. The van der Waals surface area contributed by atoms with Crippen LogP contribution in [0.2, 0.25) is 0 Å². The molecule has 1 amide bonds.